The number of rotatable bonds is 7. The normalized spacial score (nSPS) is 17.3. The van der Waals surface area contributed by atoms with Crippen LogP contribution in [0.4, 0.5) is 5.69 Å². The van der Waals surface area contributed by atoms with Crippen LogP contribution in [0.15, 0.2) is 48.5 Å². The third-order valence-electron chi connectivity index (χ3n) is 5.70. The molecule has 2 aliphatic heterocycles. The van der Waals surface area contributed by atoms with Crippen LogP contribution >= 0.6 is 0 Å². The average Bonchev–Trinajstić information content (AvgIpc) is 3.06. The Labute approximate surface area is 186 Å². The Morgan fingerprint density at radius 2 is 1.66 bits per heavy atom. The summed E-state index contributed by atoms with van der Waals surface area (Å²) in [5.41, 5.74) is 2.21. The van der Waals surface area contributed by atoms with Gasteiger partial charge in [-0.25, -0.2) is 12.7 Å². The van der Waals surface area contributed by atoms with Crippen LogP contribution in [0.5, 0.6) is 0 Å². The number of para-hydroxylation sites is 1. The second kappa shape index (κ2) is 8.36. The molecule has 1 N–H and O–H groups in total. The minimum Gasteiger partial charge on any atom is -0.355 e. The highest BCUT2D eigenvalue weighted by Crippen LogP contribution is 2.45. The van der Waals surface area contributed by atoms with Gasteiger partial charge in [0.15, 0.2) is 0 Å². The van der Waals surface area contributed by atoms with Gasteiger partial charge < -0.3 is 10.2 Å². The van der Waals surface area contributed by atoms with Gasteiger partial charge in [0.1, 0.15) is 6.17 Å². The maximum absolute atomic E-state index is 13.3. The highest BCUT2D eigenvalue weighted by molar-refractivity contribution is 7.89. The van der Waals surface area contributed by atoms with Crippen molar-refractivity contribution in [3.63, 3.8) is 0 Å². The van der Waals surface area contributed by atoms with E-state index < -0.39 is 16.2 Å². The van der Waals surface area contributed by atoms with E-state index in [1.54, 1.807) is 41.3 Å². The van der Waals surface area contributed by atoms with Gasteiger partial charge in [0.2, 0.25) is 15.9 Å². The maximum atomic E-state index is 13.3. The van der Waals surface area contributed by atoms with Crippen LogP contribution in [0.2, 0.25) is 0 Å². The number of nitrogens with one attached hydrogen (secondary N) is 1. The Kier molecular flexibility index (Phi) is 5.74. The first-order valence-electron chi connectivity index (χ1n) is 10.2. The lowest BCUT2D eigenvalue weighted by atomic mass is 10.0. The molecule has 0 aliphatic carbocycles. The molecular weight excluding hydrogens is 432 g/mol. The standard InChI is InChI=1S/C22H24N4O5S/c1-24(2)32(30,31)14-12-23-19(27)11-13-25-20-15-7-3-4-8-16(15)22(29)26(20)18-10-6-5-9-17(18)21(25)28/h3-10,20H,11-14H2,1-2H3,(H,23,27)/t20-/m1/s1. The minimum absolute atomic E-state index is 0.0172. The Morgan fingerprint density at radius 3 is 2.38 bits per heavy atom. The van der Waals surface area contributed by atoms with E-state index in [0.717, 1.165) is 9.87 Å². The summed E-state index contributed by atoms with van der Waals surface area (Å²) in [4.78, 5) is 41.9. The van der Waals surface area contributed by atoms with E-state index >= 15 is 0 Å². The van der Waals surface area contributed by atoms with Gasteiger partial charge >= 0.3 is 0 Å². The molecule has 0 saturated carbocycles. The third-order valence-corrected chi connectivity index (χ3v) is 7.53. The molecule has 0 fully saturated rings. The molecule has 0 unspecified atom stereocenters. The maximum Gasteiger partial charge on any atom is 0.260 e. The molecule has 9 nitrogen and oxygen atoms in total. The molecule has 32 heavy (non-hydrogen) atoms. The number of anilines is 1. The van der Waals surface area contributed by atoms with Crippen molar-refractivity contribution in [1.82, 2.24) is 14.5 Å². The van der Waals surface area contributed by atoms with Gasteiger partial charge in [-0.15, -0.1) is 0 Å². The monoisotopic (exact) mass is 456 g/mol. The molecule has 2 aromatic rings. The first-order valence-corrected chi connectivity index (χ1v) is 11.8. The van der Waals surface area contributed by atoms with E-state index in [9.17, 15) is 22.8 Å². The molecule has 0 bridgehead atoms. The number of sulfonamides is 1. The van der Waals surface area contributed by atoms with Crippen LogP contribution in [0, 0.1) is 0 Å². The van der Waals surface area contributed by atoms with Crippen molar-refractivity contribution >= 4 is 33.4 Å². The van der Waals surface area contributed by atoms with Crippen molar-refractivity contribution in [3.8, 4) is 0 Å². The summed E-state index contributed by atoms with van der Waals surface area (Å²) in [6.45, 7) is 0.0647. The predicted molar refractivity (Wildman–Crippen MR) is 119 cm³/mol. The number of carbonyl (C=O) groups excluding carboxylic acids is 3. The topological polar surface area (TPSA) is 107 Å². The summed E-state index contributed by atoms with van der Waals surface area (Å²) >= 11 is 0. The van der Waals surface area contributed by atoms with Gasteiger partial charge in [0.25, 0.3) is 11.8 Å². The molecular formula is C22H24N4O5S. The van der Waals surface area contributed by atoms with Crippen LogP contribution < -0.4 is 10.2 Å². The van der Waals surface area contributed by atoms with Crippen molar-refractivity contribution < 1.29 is 22.8 Å². The molecule has 10 heteroatoms. The molecule has 0 spiro atoms. The van der Waals surface area contributed by atoms with E-state index in [4.69, 9.17) is 0 Å². The smallest absolute Gasteiger partial charge is 0.260 e. The zero-order chi connectivity index (χ0) is 23.0. The van der Waals surface area contributed by atoms with Crippen molar-refractivity contribution in [2.24, 2.45) is 0 Å². The van der Waals surface area contributed by atoms with E-state index in [2.05, 4.69) is 5.32 Å². The van der Waals surface area contributed by atoms with Crippen LogP contribution in [-0.2, 0) is 14.8 Å². The zero-order valence-electron chi connectivity index (χ0n) is 17.8. The molecule has 3 amide bonds. The quantitative estimate of drug-likeness (QED) is 0.674. The molecule has 2 heterocycles. The van der Waals surface area contributed by atoms with Crippen LogP contribution in [0.1, 0.15) is 38.9 Å². The summed E-state index contributed by atoms with van der Waals surface area (Å²) in [7, 11) is -0.545. The van der Waals surface area contributed by atoms with Gasteiger partial charge in [-0.2, -0.15) is 0 Å². The fraction of sp³-hybridized carbons (Fsp3) is 0.318. The first kappa shape index (κ1) is 22.0. The molecule has 0 radical (unpaired) electrons. The lowest BCUT2D eigenvalue weighted by molar-refractivity contribution is -0.121. The Hall–Kier alpha value is -3.24. The number of hydrogen-bond acceptors (Lipinski definition) is 5. The number of amides is 3. The average molecular weight is 457 g/mol. The van der Waals surface area contributed by atoms with E-state index in [1.807, 2.05) is 12.1 Å². The fourth-order valence-electron chi connectivity index (χ4n) is 4.01. The van der Waals surface area contributed by atoms with Gasteiger partial charge in [-0.3, -0.25) is 19.3 Å². The summed E-state index contributed by atoms with van der Waals surface area (Å²) < 4.78 is 24.8. The second-order valence-electron chi connectivity index (χ2n) is 7.85. The molecule has 1 atom stereocenters. The minimum atomic E-state index is -3.41. The predicted octanol–water partition coefficient (Wildman–Crippen LogP) is 1.20. The van der Waals surface area contributed by atoms with Crippen molar-refractivity contribution in [3.05, 3.63) is 65.2 Å². The summed E-state index contributed by atoms with van der Waals surface area (Å²) in [5.74, 6) is -1.02. The van der Waals surface area contributed by atoms with Gasteiger partial charge in [0, 0.05) is 44.7 Å². The van der Waals surface area contributed by atoms with Crippen molar-refractivity contribution in [2.45, 2.75) is 12.6 Å². The molecule has 0 aromatic heterocycles. The third kappa shape index (κ3) is 3.76. The van der Waals surface area contributed by atoms with Crippen molar-refractivity contribution in [2.75, 3.05) is 37.8 Å². The largest absolute Gasteiger partial charge is 0.355 e. The number of benzene rings is 2. The summed E-state index contributed by atoms with van der Waals surface area (Å²) in [5, 5.41) is 2.59. The van der Waals surface area contributed by atoms with E-state index in [1.165, 1.54) is 19.0 Å². The summed E-state index contributed by atoms with van der Waals surface area (Å²) in [6, 6.07) is 14.1. The Morgan fingerprint density at radius 1 is 1.00 bits per heavy atom. The van der Waals surface area contributed by atoms with Crippen LogP contribution in [-0.4, -0.2) is 68.3 Å². The number of nitrogens with zero attached hydrogens (tertiary/aromatic N) is 3. The Balaban J connectivity index is 1.53. The van der Waals surface area contributed by atoms with Crippen molar-refractivity contribution in [1.29, 1.82) is 0 Å². The molecule has 4 rings (SSSR count). The van der Waals surface area contributed by atoms with Gasteiger partial charge in [-0.05, 0) is 18.2 Å². The Bertz CT molecular complexity index is 1190. The molecule has 2 aliphatic rings. The zero-order valence-corrected chi connectivity index (χ0v) is 18.6. The molecule has 0 saturated heterocycles. The van der Waals surface area contributed by atoms with Crippen LogP contribution in [0.3, 0.4) is 0 Å². The lowest BCUT2D eigenvalue weighted by Gasteiger charge is -2.40. The SMILES string of the molecule is CN(C)S(=O)(=O)CCNC(=O)CCN1C(=O)c2ccccc2N2C(=O)c3ccccc3[C@H]12. The van der Waals surface area contributed by atoms with E-state index in [0.29, 0.717) is 16.8 Å². The molecule has 2 aromatic carbocycles. The number of fused-ring (bicyclic) bond motifs is 5. The van der Waals surface area contributed by atoms with E-state index in [-0.39, 0.29) is 43.0 Å². The second-order valence-corrected chi connectivity index (χ2v) is 10.2. The highest BCUT2D eigenvalue weighted by Gasteiger charge is 2.47. The number of carbonyl (C=O) groups is 3. The first-order chi connectivity index (χ1) is 15.2. The number of hydrogen-bond donors (Lipinski definition) is 1. The summed E-state index contributed by atoms with van der Waals surface area (Å²) in [6.07, 6.45) is -0.639. The lowest BCUT2D eigenvalue weighted by Crippen LogP contribution is -2.49. The van der Waals surface area contributed by atoms with Gasteiger partial charge in [0.05, 0.1) is 17.0 Å². The fourth-order valence-corrected chi connectivity index (χ4v) is 4.74. The molecule has 168 valence electrons. The highest BCUT2D eigenvalue weighted by atomic mass is 32.2. The van der Waals surface area contributed by atoms with Gasteiger partial charge in [-0.1, -0.05) is 30.3 Å². The van der Waals surface area contributed by atoms with Crippen LogP contribution in [0.25, 0.3) is 0 Å².